The summed E-state index contributed by atoms with van der Waals surface area (Å²) in [5, 5.41) is 15.3. The highest BCUT2D eigenvalue weighted by Gasteiger charge is 2.36. The molecule has 0 saturated heterocycles. The zero-order valence-corrected chi connectivity index (χ0v) is 18.2. The Hall–Kier alpha value is -3.16. The monoisotopic (exact) mass is 411 g/mol. The maximum Gasteiger partial charge on any atom is 0.313 e. The molecule has 2 heterocycles. The van der Waals surface area contributed by atoms with Crippen molar-refractivity contribution in [1.82, 2.24) is 4.98 Å². The van der Waals surface area contributed by atoms with Crippen LogP contribution in [-0.4, -0.2) is 35.3 Å². The van der Waals surface area contributed by atoms with Gasteiger partial charge in [0.2, 0.25) is 5.82 Å². The van der Waals surface area contributed by atoms with Gasteiger partial charge in [0, 0.05) is 41.7 Å². The van der Waals surface area contributed by atoms with Gasteiger partial charge in [-0.25, -0.2) is 4.98 Å². The molecule has 3 rings (SSSR count). The number of methoxy groups -OCH3 is 1. The molecule has 0 bridgehead atoms. The average molecular weight is 412 g/mol. The summed E-state index contributed by atoms with van der Waals surface area (Å²) in [7, 11) is 1.64. The molecule has 1 atom stereocenters. The van der Waals surface area contributed by atoms with Crippen molar-refractivity contribution in [2.45, 2.75) is 52.0 Å². The zero-order chi connectivity index (χ0) is 21.9. The topological polar surface area (TPSA) is 92.9 Å². The van der Waals surface area contributed by atoms with Crippen LogP contribution in [-0.2, 0) is 0 Å². The van der Waals surface area contributed by atoms with Crippen molar-refractivity contribution in [2.24, 2.45) is 5.10 Å². The third-order valence-electron chi connectivity index (χ3n) is 5.54. The molecule has 2 aromatic rings. The van der Waals surface area contributed by atoms with Gasteiger partial charge in [0.25, 0.3) is 0 Å². The lowest BCUT2D eigenvalue weighted by atomic mass is 9.79. The summed E-state index contributed by atoms with van der Waals surface area (Å²) >= 11 is 0. The Morgan fingerprint density at radius 2 is 2.23 bits per heavy atom. The summed E-state index contributed by atoms with van der Waals surface area (Å²) in [5.41, 5.74) is 5.89. The van der Waals surface area contributed by atoms with Gasteiger partial charge in [0.05, 0.1) is 18.2 Å². The summed E-state index contributed by atoms with van der Waals surface area (Å²) in [5.74, 6) is 1.20. The van der Waals surface area contributed by atoms with E-state index >= 15 is 0 Å². The van der Waals surface area contributed by atoms with Gasteiger partial charge in [-0.3, -0.25) is 15.5 Å². The molecular formula is C22H29N5O3. The number of nitrogens with zero attached hydrogens (tertiary/aromatic N) is 4. The first-order chi connectivity index (χ1) is 14.3. The van der Waals surface area contributed by atoms with Crippen molar-refractivity contribution >= 4 is 23.4 Å². The van der Waals surface area contributed by atoms with Crippen molar-refractivity contribution in [3.8, 4) is 5.75 Å². The van der Waals surface area contributed by atoms with E-state index in [1.54, 1.807) is 13.3 Å². The van der Waals surface area contributed by atoms with E-state index in [2.05, 4.69) is 60.2 Å². The molecule has 1 N–H and O–H groups in total. The normalized spacial score (nSPS) is 17.6. The number of nitro groups is 1. The Kier molecular flexibility index (Phi) is 6.24. The van der Waals surface area contributed by atoms with Gasteiger partial charge < -0.3 is 9.64 Å². The minimum Gasteiger partial charge on any atom is -0.496 e. The fourth-order valence-corrected chi connectivity index (χ4v) is 4.25. The highest BCUT2D eigenvalue weighted by molar-refractivity contribution is 5.86. The van der Waals surface area contributed by atoms with Gasteiger partial charge >= 0.3 is 5.69 Å². The first kappa shape index (κ1) is 21.5. The first-order valence-corrected chi connectivity index (χ1v) is 10.2. The van der Waals surface area contributed by atoms with Gasteiger partial charge in [-0.05, 0) is 50.3 Å². The number of nitrogens with one attached hydrogen (secondary N) is 1. The van der Waals surface area contributed by atoms with Gasteiger partial charge in [-0.1, -0.05) is 13.8 Å². The van der Waals surface area contributed by atoms with Crippen LogP contribution in [0, 0.1) is 10.1 Å². The molecule has 8 nitrogen and oxygen atoms in total. The molecule has 0 amide bonds. The van der Waals surface area contributed by atoms with Crippen LogP contribution >= 0.6 is 0 Å². The number of aromatic nitrogens is 1. The van der Waals surface area contributed by atoms with Crippen LogP contribution in [0.15, 0.2) is 35.6 Å². The zero-order valence-electron chi connectivity index (χ0n) is 18.2. The molecule has 0 spiro atoms. The largest absolute Gasteiger partial charge is 0.496 e. The third kappa shape index (κ3) is 4.22. The Morgan fingerprint density at radius 1 is 1.47 bits per heavy atom. The molecule has 0 radical (unpaired) electrons. The van der Waals surface area contributed by atoms with E-state index in [9.17, 15) is 10.1 Å². The molecule has 0 saturated carbocycles. The predicted molar refractivity (Wildman–Crippen MR) is 120 cm³/mol. The Labute approximate surface area is 177 Å². The Bertz CT molecular complexity index is 958. The SMILES string of the molecule is CCCN1c2cc(OC)c(/C=N\Nc3ncccc3[N+](=O)[O-])cc2C(C)CC1(C)C. The van der Waals surface area contributed by atoms with Crippen molar-refractivity contribution in [1.29, 1.82) is 0 Å². The molecule has 160 valence electrons. The fourth-order valence-electron chi connectivity index (χ4n) is 4.25. The predicted octanol–water partition coefficient (Wildman–Crippen LogP) is 4.95. The molecular weight excluding hydrogens is 382 g/mol. The van der Waals surface area contributed by atoms with Gasteiger partial charge in [-0.15, -0.1) is 0 Å². The van der Waals surface area contributed by atoms with Crippen LogP contribution in [0.1, 0.15) is 57.6 Å². The van der Waals surface area contributed by atoms with E-state index in [1.165, 1.54) is 29.6 Å². The second-order valence-corrected chi connectivity index (χ2v) is 8.22. The minimum atomic E-state index is -0.490. The molecule has 8 heteroatoms. The quantitative estimate of drug-likeness (QED) is 0.394. The third-order valence-corrected chi connectivity index (χ3v) is 5.54. The number of hydrogen-bond acceptors (Lipinski definition) is 7. The average Bonchev–Trinajstić information content (AvgIpc) is 2.70. The maximum absolute atomic E-state index is 11.1. The second-order valence-electron chi connectivity index (χ2n) is 8.22. The number of anilines is 2. The molecule has 30 heavy (non-hydrogen) atoms. The van der Waals surface area contributed by atoms with Crippen LogP contribution in [0.3, 0.4) is 0 Å². The lowest BCUT2D eigenvalue weighted by Crippen LogP contribution is -2.48. The van der Waals surface area contributed by atoms with Crippen LogP contribution < -0.4 is 15.1 Å². The van der Waals surface area contributed by atoms with Crippen molar-refractivity contribution in [3.63, 3.8) is 0 Å². The van der Waals surface area contributed by atoms with Crippen LogP contribution in [0.5, 0.6) is 5.75 Å². The van der Waals surface area contributed by atoms with Gasteiger partial charge in [0.1, 0.15) is 5.75 Å². The van der Waals surface area contributed by atoms with E-state index in [-0.39, 0.29) is 17.0 Å². The number of hydrogen-bond donors (Lipinski definition) is 1. The lowest BCUT2D eigenvalue weighted by molar-refractivity contribution is -0.384. The van der Waals surface area contributed by atoms with E-state index in [1.807, 2.05) is 0 Å². The van der Waals surface area contributed by atoms with E-state index in [0.717, 1.165) is 24.9 Å². The first-order valence-electron chi connectivity index (χ1n) is 10.2. The second kappa shape index (κ2) is 8.69. The van der Waals surface area contributed by atoms with Gasteiger partial charge in [0.15, 0.2) is 0 Å². The number of fused-ring (bicyclic) bond motifs is 1. The van der Waals surface area contributed by atoms with Crippen molar-refractivity contribution in [3.05, 3.63) is 51.7 Å². The summed E-state index contributed by atoms with van der Waals surface area (Å²) in [6.45, 7) is 9.98. The number of ether oxygens (including phenoxy) is 1. The van der Waals surface area contributed by atoms with E-state index < -0.39 is 4.92 Å². The van der Waals surface area contributed by atoms with E-state index in [4.69, 9.17) is 4.74 Å². The lowest BCUT2D eigenvalue weighted by Gasteiger charge is -2.47. The number of hydrazone groups is 1. The maximum atomic E-state index is 11.1. The van der Waals surface area contributed by atoms with Crippen LogP contribution in [0.2, 0.25) is 0 Å². The van der Waals surface area contributed by atoms with Crippen molar-refractivity contribution < 1.29 is 9.66 Å². The summed E-state index contributed by atoms with van der Waals surface area (Å²) in [6.07, 6.45) is 5.22. The molecule has 0 fully saturated rings. The van der Waals surface area contributed by atoms with Crippen molar-refractivity contribution in [2.75, 3.05) is 24.0 Å². The number of rotatable bonds is 7. The highest BCUT2D eigenvalue weighted by atomic mass is 16.6. The fraction of sp³-hybridized carbons (Fsp3) is 0.455. The van der Waals surface area contributed by atoms with Gasteiger partial charge in [-0.2, -0.15) is 5.10 Å². The molecule has 1 aliphatic heterocycles. The molecule has 1 aromatic carbocycles. The Morgan fingerprint density at radius 3 is 2.90 bits per heavy atom. The standard InChI is InChI=1S/C22H29N5O3/c1-6-10-26-19-12-20(30-5)16(11-17(19)15(2)13-22(26,3)4)14-24-25-21-18(27(28)29)8-7-9-23-21/h7-9,11-12,14-15H,6,10,13H2,1-5H3,(H,23,25)/b24-14-. The molecule has 1 aromatic heterocycles. The summed E-state index contributed by atoms with van der Waals surface area (Å²) in [6, 6.07) is 7.09. The minimum absolute atomic E-state index is 0.0719. The molecule has 0 aliphatic carbocycles. The summed E-state index contributed by atoms with van der Waals surface area (Å²) in [4.78, 5) is 17.1. The highest BCUT2D eigenvalue weighted by Crippen LogP contribution is 2.45. The Balaban J connectivity index is 1.95. The smallest absolute Gasteiger partial charge is 0.313 e. The van der Waals surface area contributed by atoms with Crippen LogP contribution in [0.25, 0.3) is 0 Å². The summed E-state index contributed by atoms with van der Waals surface area (Å²) < 4.78 is 5.64. The molecule has 1 unspecified atom stereocenters. The number of pyridine rings is 1. The number of benzene rings is 1. The van der Waals surface area contributed by atoms with E-state index in [0.29, 0.717) is 11.7 Å². The van der Waals surface area contributed by atoms with Crippen LogP contribution in [0.4, 0.5) is 17.2 Å². The molecule has 1 aliphatic rings.